The third-order valence-electron chi connectivity index (χ3n) is 4.38. The molecule has 2 N–H and O–H groups in total. The molecule has 2 aromatic carbocycles. The molecule has 0 radical (unpaired) electrons. The summed E-state index contributed by atoms with van der Waals surface area (Å²) < 4.78 is 21.1. The zero-order chi connectivity index (χ0) is 18.3. The second-order valence-electron chi connectivity index (χ2n) is 5.78. The van der Waals surface area contributed by atoms with Crippen molar-refractivity contribution >= 4 is 5.97 Å². The molecule has 2 aromatic rings. The van der Waals surface area contributed by atoms with Crippen molar-refractivity contribution in [3.63, 3.8) is 0 Å². The van der Waals surface area contributed by atoms with Gasteiger partial charge >= 0.3 is 5.97 Å². The lowest BCUT2D eigenvalue weighted by Crippen LogP contribution is -2.21. The van der Waals surface area contributed by atoms with Gasteiger partial charge in [0.15, 0.2) is 11.5 Å². The van der Waals surface area contributed by atoms with E-state index >= 15 is 0 Å². The molecular formula is C19H14N2O5. The van der Waals surface area contributed by atoms with E-state index in [1.807, 2.05) is 0 Å². The monoisotopic (exact) mass is 350 g/mol. The average Bonchev–Trinajstić information content (AvgIpc) is 3.12. The van der Waals surface area contributed by atoms with E-state index in [0.717, 1.165) is 11.1 Å². The van der Waals surface area contributed by atoms with Crippen LogP contribution in [0.1, 0.15) is 27.4 Å². The topological polar surface area (TPSA) is 104 Å². The Kier molecular flexibility index (Phi) is 3.66. The Labute approximate surface area is 149 Å². The first-order chi connectivity index (χ1) is 12.6. The fourth-order valence-corrected chi connectivity index (χ4v) is 3.12. The largest absolute Gasteiger partial charge is 0.465 e. The number of ether oxygens (including phenoxy) is 4. The van der Waals surface area contributed by atoms with Crippen molar-refractivity contribution in [1.29, 1.82) is 5.26 Å². The predicted molar refractivity (Wildman–Crippen MR) is 89.6 cm³/mol. The zero-order valence-electron chi connectivity index (χ0n) is 13.8. The van der Waals surface area contributed by atoms with Gasteiger partial charge in [-0.1, -0.05) is 12.1 Å². The van der Waals surface area contributed by atoms with Gasteiger partial charge in [-0.05, 0) is 23.8 Å². The van der Waals surface area contributed by atoms with Gasteiger partial charge < -0.3 is 24.7 Å². The van der Waals surface area contributed by atoms with E-state index < -0.39 is 11.9 Å². The molecule has 7 heteroatoms. The first-order valence-corrected chi connectivity index (χ1v) is 7.81. The van der Waals surface area contributed by atoms with Crippen LogP contribution in [0.25, 0.3) is 0 Å². The Morgan fingerprint density at radius 1 is 1.19 bits per heavy atom. The van der Waals surface area contributed by atoms with Crippen LogP contribution < -0.4 is 19.9 Å². The molecule has 1 atom stereocenters. The van der Waals surface area contributed by atoms with Crippen molar-refractivity contribution in [1.82, 2.24) is 0 Å². The number of allylic oxidation sites excluding steroid dienone is 1. The molecule has 1 unspecified atom stereocenters. The van der Waals surface area contributed by atoms with Crippen LogP contribution in [0.2, 0.25) is 0 Å². The zero-order valence-corrected chi connectivity index (χ0v) is 13.8. The standard InChI is InChI=1S/C19H14N2O5/c1-23-19(22)11-4-2-10(3-5-11)17-12-6-15-16(25-9-24-15)7-14(12)26-18(21)13(17)8-20/h2-7,17H,9,21H2,1H3. The molecule has 2 heterocycles. The molecule has 0 saturated carbocycles. The molecule has 7 nitrogen and oxygen atoms in total. The van der Waals surface area contributed by atoms with E-state index in [0.29, 0.717) is 28.4 Å². The first kappa shape index (κ1) is 15.8. The van der Waals surface area contributed by atoms with Crippen LogP contribution in [-0.4, -0.2) is 19.9 Å². The number of nitriles is 1. The summed E-state index contributed by atoms with van der Waals surface area (Å²) in [5, 5.41) is 9.60. The summed E-state index contributed by atoms with van der Waals surface area (Å²) in [5.41, 5.74) is 8.21. The molecule has 4 rings (SSSR count). The highest BCUT2D eigenvalue weighted by molar-refractivity contribution is 5.89. The molecule has 26 heavy (non-hydrogen) atoms. The Balaban J connectivity index is 1.84. The van der Waals surface area contributed by atoms with Crippen molar-refractivity contribution in [3.8, 4) is 23.3 Å². The Bertz CT molecular complexity index is 973. The summed E-state index contributed by atoms with van der Waals surface area (Å²) in [6, 6.07) is 12.4. The number of carbonyl (C=O) groups is 1. The van der Waals surface area contributed by atoms with Gasteiger partial charge in [0.05, 0.1) is 18.6 Å². The van der Waals surface area contributed by atoms with E-state index in [1.54, 1.807) is 36.4 Å². The van der Waals surface area contributed by atoms with Gasteiger partial charge in [0.2, 0.25) is 12.7 Å². The summed E-state index contributed by atoms with van der Waals surface area (Å²) in [6.45, 7) is 0.130. The minimum atomic E-state index is -0.440. The van der Waals surface area contributed by atoms with Gasteiger partial charge in [-0.25, -0.2) is 4.79 Å². The molecule has 2 aliphatic rings. The third kappa shape index (κ3) is 2.40. The lowest BCUT2D eigenvalue weighted by molar-refractivity contribution is 0.0600. The second kappa shape index (κ2) is 6.01. The molecule has 0 spiro atoms. The van der Waals surface area contributed by atoms with Crippen molar-refractivity contribution in [2.45, 2.75) is 5.92 Å². The van der Waals surface area contributed by atoms with Gasteiger partial charge in [-0.2, -0.15) is 5.26 Å². The number of methoxy groups -OCH3 is 1. The summed E-state index contributed by atoms with van der Waals surface area (Å²) in [7, 11) is 1.32. The number of nitrogens with two attached hydrogens (primary N) is 1. The fourth-order valence-electron chi connectivity index (χ4n) is 3.12. The van der Waals surface area contributed by atoms with Crippen molar-refractivity contribution in [3.05, 3.63) is 64.5 Å². The number of esters is 1. The molecule has 130 valence electrons. The van der Waals surface area contributed by atoms with Crippen LogP contribution in [0.4, 0.5) is 0 Å². The van der Waals surface area contributed by atoms with E-state index in [-0.39, 0.29) is 12.7 Å². The molecule has 0 aliphatic carbocycles. The highest BCUT2D eigenvalue weighted by Gasteiger charge is 2.33. The normalized spacial score (nSPS) is 17.2. The summed E-state index contributed by atoms with van der Waals surface area (Å²) >= 11 is 0. The Morgan fingerprint density at radius 3 is 2.54 bits per heavy atom. The number of rotatable bonds is 2. The minimum Gasteiger partial charge on any atom is -0.465 e. The number of nitrogens with zero attached hydrogens (tertiary/aromatic N) is 1. The van der Waals surface area contributed by atoms with Crippen LogP contribution in [0.3, 0.4) is 0 Å². The molecule has 0 aromatic heterocycles. The average molecular weight is 350 g/mol. The van der Waals surface area contributed by atoms with E-state index in [1.165, 1.54) is 7.11 Å². The first-order valence-electron chi connectivity index (χ1n) is 7.81. The third-order valence-corrected chi connectivity index (χ3v) is 4.38. The van der Waals surface area contributed by atoms with E-state index in [2.05, 4.69) is 6.07 Å². The summed E-state index contributed by atoms with van der Waals surface area (Å²) in [4.78, 5) is 11.6. The number of fused-ring (bicyclic) bond motifs is 2. The summed E-state index contributed by atoms with van der Waals surface area (Å²) in [5.74, 6) is 0.833. The van der Waals surface area contributed by atoms with E-state index in [9.17, 15) is 10.1 Å². The van der Waals surface area contributed by atoms with Crippen LogP contribution in [0, 0.1) is 11.3 Å². The molecule has 0 fully saturated rings. The SMILES string of the molecule is COC(=O)c1ccc(C2C(C#N)=C(N)Oc3cc4c(cc32)OCO4)cc1. The number of hydrogen-bond acceptors (Lipinski definition) is 7. The van der Waals surface area contributed by atoms with Crippen LogP contribution in [0.15, 0.2) is 47.9 Å². The van der Waals surface area contributed by atoms with E-state index in [4.69, 9.17) is 24.7 Å². The maximum absolute atomic E-state index is 11.6. The van der Waals surface area contributed by atoms with Gasteiger partial charge in [-0.15, -0.1) is 0 Å². The van der Waals surface area contributed by atoms with Crippen molar-refractivity contribution in [2.24, 2.45) is 5.73 Å². The quantitative estimate of drug-likeness (QED) is 0.829. The number of carbonyl (C=O) groups excluding carboxylic acids is 1. The lowest BCUT2D eigenvalue weighted by Gasteiger charge is -2.26. The summed E-state index contributed by atoms with van der Waals surface area (Å²) in [6.07, 6.45) is 0. The number of hydrogen-bond donors (Lipinski definition) is 1. The fraction of sp³-hybridized carbons (Fsp3) is 0.158. The maximum Gasteiger partial charge on any atom is 0.337 e. The molecule has 2 aliphatic heterocycles. The van der Waals surface area contributed by atoms with Crippen molar-refractivity contribution in [2.75, 3.05) is 13.9 Å². The van der Waals surface area contributed by atoms with Crippen molar-refractivity contribution < 1.29 is 23.7 Å². The van der Waals surface area contributed by atoms with Gasteiger partial charge in [0.25, 0.3) is 0 Å². The number of benzene rings is 2. The Morgan fingerprint density at radius 2 is 1.88 bits per heavy atom. The maximum atomic E-state index is 11.6. The smallest absolute Gasteiger partial charge is 0.337 e. The minimum absolute atomic E-state index is 0.0425. The van der Waals surface area contributed by atoms with Crippen LogP contribution in [0.5, 0.6) is 17.2 Å². The second-order valence-corrected chi connectivity index (χ2v) is 5.78. The highest BCUT2D eigenvalue weighted by atomic mass is 16.7. The van der Waals surface area contributed by atoms with Crippen LogP contribution in [-0.2, 0) is 4.74 Å². The predicted octanol–water partition coefficient (Wildman–Crippen LogP) is 2.42. The molecule has 0 saturated heterocycles. The highest BCUT2D eigenvalue weighted by Crippen LogP contribution is 2.47. The lowest BCUT2D eigenvalue weighted by atomic mass is 9.83. The van der Waals surface area contributed by atoms with Gasteiger partial charge in [-0.3, -0.25) is 0 Å². The van der Waals surface area contributed by atoms with Gasteiger partial charge in [0.1, 0.15) is 17.4 Å². The molecule has 0 amide bonds. The molecule has 0 bridgehead atoms. The van der Waals surface area contributed by atoms with Gasteiger partial charge in [0, 0.05) is 11.6 Å². The Hall–Kier alpha value is -3.66. The molecular weight excluding hydrogens is 336 g/mol. The van der Waals surface area contributed by atoms with Crippen LogP contribution >= 0.6 is 0 Å².